The van der Waals surface area contributed by atoms with Crippen LogP contribution in [0.25, 0.3) is 0 Å². The van der Waals surface area contributed by atoms with E-state index in [9.17, 15) is 4.79 Å². The quantitative estimate of drug-likeness (QED) is 0.449. The first-order valence-electron chi connectivity index (χ1n) is 4.31. The van der Waals surface area contributed by atoms with E-state index in [1.54, 1.807) is 6.42 Å². The number of rotatable bonds is 6. The van der Waals surface area contributed by atoms with Crippen molar-refractivity contribution in [3.8, 4) is 0 Å². The molecule has 0 amide bonds. The van der Waals surface area contributed by atoms with E-state index in [1.165, 1.54) is 12.8 Å². The van der Waals surface area contributed by atoms with E-state index in [4.69, 9.17) is 4.43 Å². The molecule has 0 rings (SSSR count). The molecule has 11 heavy (non-hydrogen) atoms. The van der Waals surface area contributed by atoms with Gasteiger partial charge in [0.1, 0.15) is 0 Å². The van der Waals surface area contributed by atoms with Crippen LogP contribution in [0.15, 0.2) is 0 Å². The molecule has 2 nitrogen and oxygen atoms in total. The van der Waals surface area contributed by atoms with Crippen molar-refractivity contribution in [2.75, 3.05) is 0 Å². The number of carbonyl (C=O) groups excluding carboxylic acids is 1. The summed E-state index contributed by atoms with van der Waals surface area (Å²) in [4.78, 5) is 10.8. The van der Waals surface area contributed by atoms with E-state index in [0.29, 0.717) is 0 Å². The normalized spacial score (nSPS) is 10.7. The molecule has 0 unspecified atom stereocenters. The zero-order valence-corrected chi connectivity index (χ0v) is 8.84. The molecule has 0 aromatic rings. The van der Waals surface area contributed by atoms with Crippen molar-refractivity contribution in [2.24, 2.45) is 0 Å². The summed E-state index contributed by atoms with van der Waals surface area (Å²) in [6.07, 6.45) is 4.77. The lowest BCUT2D eigenvalue weighted by Crippen LogP contribution is -2.07. The molecule has 0 heterocycles. The van der Waals surface area contributed by atoms with Crippen molar-refractivity contribution in [3.05, 3.63) is 6.42 Å². The summed E-state index contributed by atoms with van der Waals surface area (Å²) in [6.45, 7) is 4.09. The lowest BCUT2D eigenvalue weighted by Gasteiger charge is -2.01. The highest BCUT2D eigenvalue weighted by molar-refractivity contribution is 6.30. The highest BCUT2D eigenvalue weighted by Gasteiger charge is 1.99. The summed E-state index contributed by atoms with van der Waals surface area (Å²) in [5.74, 6) is -0.115. The highest BCUT2D eigenvalue weighted by atomic mass is 28.2. The third-order valence-corrected chi connectivity index (χ3v) is 2.64. The third-order valence-electron chi connectivity index (χ3n) is 1.36. The molecule has 3 heteroatoms. The van der Waals surface area contributed by atoms with Gasteiger partial charge in [0.15, 0.2) is 0 Å². The molecule has 0 aliphatic rings. The van der Waals surface area contributed by atoms with E-state index in [-0.39, 0.29) is 5.97 Å². The van der Waals surface area contributed by atoms with Crippen LogP contribution in [0.2, 0.25) is 6.04 Å². The van der Waals surface area contributed by atoms with E-state index in [1.807, 2.05) is 6.92 Å². The van der Waals surface area contributed by atoms with E-state index in [0.717, 1.165) is 12.5 Å². The summed E-state index contributed by atoms with van der Waals surface area (Å²) in [5, 5.41) is 0. The number of hydrogen-bond donors (Lipinski definition) is 0. The van der Waals surface area contributed by atoms with E-state index < -0.39 is 9.76 Å². The van der Waals surface area contributed by atoms with Crippen LogP contribution in [0, 0.1) is 6.42 Å². The Morgan fingerprint density at radius 2 is 2.27 bits per heavy atom. The predicted octanol–water partition coefficient (Wildman–Crippen LogP) is 1.45. The highest BCUT2D eigenvalue weighted by Crippen LogP contribution is 1.95. The van der Waals surface area contributed by atoms with Crippen LogP contribution in [-0.2, 0) is 9.22 Å². The number of hydrogen-bond acceptors (Lipinski definition) is 2. The molecule has 0 aliphatic carbocycles. The van der Waals surface area contributed by atoms with Crippen molar-refractivity contribution in [2.45, 2.75) is 39.2 Å². The SMILES string of the molecule is CC[CH]C(=O)O[SiH2]CCCC. The van der Waals surface area contributed by atoms with Gasteiger partial charge in [-0.15, -0.1) is 0 Å². The number of unbranched alkanes of at least 4 members (excludes halogenated alkanes) is 1. The first kappa shape index (κ1) is 10.7. The Bertz CT molecular complexity index is 104. The van der Waals surface area contributed by atoms with Gasteiger partial charge in [0.05, 0.1) is 6.42 Å². The van der Waals surface area contributed by atoms with Crippen molar-refractivity contribution in [1.82, 2.24) is 0 Å². The zero-order valence-electron chi connectivity index (χ0n) is 7.43. The zero-order chi connectivity index (χ0) is 8.53. The van der Waals surface area contributed by atoms with E-state index in [2.05, 4.69) is 6.92 Å². The Kier molecular flexibility index (Phi) is 7.57. The van der Waals surface area contributed by atoms with Crippen LogP contribution >= 0.6 is 0 Å². The fourth-order valence-corrected chi connectivity index (χ4v) is 1.92. The Labute approximate surface area is 71.3 Å². The molecule has 0 bridgehead atoms. The maximum Gasteiger partial charge on any atom is 0.296 e. The lowest BCUT2D eigenvalue weighted by molar-refractivity contribution is -0.130. The molecule has 0 saturated heterocycles. The molecule has 0 aliphatic heterocycles. The molecule has 0 atom stereocenters. The maximum atomic E-state index is 10.8. The van der Waals surface area contributed by atoms with Gasteiger partial charge in [-0.2, -0.15) is 0 Å². The van der Waals surface area contributed by atoms with Crippen molar-refractivity contribution >= 4 is 15.7 Å². The molecule has 65 valence electrons. The lowest BCUT2D eigenvalue weighted by atomic mass is 10.4. The molecule has 0 saturated carbocycles. The summed E-state index contributed by atoms with van der Waals surface area (Å²) >= 11 is 0. The van der Waals surface area contributed by atoms with Crippen LogP contribution in [-0.4, -0.2) is 15.7 Å². The Balaban J connectivity index is 3.04. The van der Waals surface area contributed by atoms with Gasteiger partial charge in [-0.25, -0.2) is 0 Å². The molecular formula is C8H17O2Si. The van der Waals surface area contributed by atoms with Crippen LogP contribution < -0.4 is 0 Å². The van der Waals surface area contributed by atoms with Crippen molar-refractivity contribution in [3.63, 3.8) is 0 Å². The second-order valence-electron chi connectivity index (χ2n) is 2.49. The fourth-order valence-electron chi connectivity index (χ4n) is 0.750. The topological polar surface area (TPSA) is 26.3 Å². The summed E-state index contributed by atoms with van der Waals surface area (Å²) in [6, 6.07) is 1.12. The van der Waals surface area contributed by atoms with Crippen LogP contribution in [0.1, 0.15) is 33.1 Å². The standard InChI is InChI=1S/C8H17O2Si/c1-3-5-7-11-10-8(9)6-4-2/h6H,3-5,7,11H2,1-2H3. The minimum Gasteiger partial charge on any atom is -0.525 e. The average Bonchev–Trinajstić information content (AvgIpc) is 1.99. The average molecular weight is 173 g/mol. The fraction of sp³-hybridized carbons (Fsp3) is 0.750. The molecule has 0 aromatic carbocycles. The molecule has 0 spiro atoms. The molecule has 0 fully saturated rings. The van der Waals surface area contributed by atoms with Gasteiger partial charge in [0, 0.05) is 0 Å². The summed E-state index contributed by atoms with van der Waals surface area (Å²) in [7, 11) is -0.548. The summed E-state index contributed by atoms with van der Waals surface area (Å²) < 4.78 is 5.03. The Morgan fingerprint density at radius 3 is 2.82 bits per heavy atom. The van der Waals surface area contributed by atoms with Crippen LogP contribution in [0.4, 0.5) is 0 Å². The van der Waals surface area contributed by atoms with Gasteiger partial charge in [0.25, 0.3) is 5.97 Å². The first-order chi connectivity index (χ1) is 5.31. The van der Waals surface area contributed by atoms with Gasteiger partial charge in [-0.05, 0) is 12.5 Å². The smallest absolute Gasteiger partial charge is 0.296 e. The van der Waals surface area contributed by atoms with Gasteiger partial charge in [-0.3, -0.25) is 4.79 Å². The van der Waals surface area contributed by atoms with E-state index >= 15 is 0 Å². The van der Waals surface area contributed by atoms with Gasteiger partial charge in [-0.1, -0.05) is 26.7 Å². The second kappa shape index (κ2) is 7.79. The summed E-state index contributed by atoms with van der Waals surface area (Å²) in [5.41, 5.74) is 0. The molecule has 1 radical (unpaired) electrons. The maximum absolute atomic E-state index is 10.8. The Hall–Kier alpha value is -0.313. The van der Waals surface area contributed by atoms with Gasteiger partial charge in [0.2, 0.25) is 9.76 Å². The minimum absolute atomic E-state index is 0.115. The van der Waals surface area contributed by atoms with Crippen LogP contribution in [0.5, 0.6) is 0 Å². The largest absolute Gasteiger partial charge is 0.525 e. The minimum atomic E-state index is -0.548. The first-order valence-corrected chi connectivity index (χ1v) is 5.89. The monoisotopic (exact) mass is 173 g/mol. The number of carbonyl (C=O) groups is 1. The van der Waals surface area contributed by atoms with Gasteiger partial charge < -0.3 is 4.43 Å². The van der Waals surface area contributed by atoms with Crippen molar-refractivity contribution in [1.29, 1.82) is 0 Å². The Morgan fingerprint density at radius 1 is 1.55 bits per heavy atom. The van der Waals surface area contributed by atoms with Gasteiger partial charge >= 0.3 is 0 Å². The molecule has 0 N–H and O–H groups in total. The third kappa shape index (κ3) is 7.59. The second-order valence-corrected chi connectivity index (χ2v) is 3.89. The van der Waals surface area contributed by atoms with Crippen molar-refractivity contribution < 1.29 is 9.22 Å². The molecular weight excluding hydrogens is 156 g/mol. The molecule has 0 aromatic heterocycles. The van der Waals surface area contributed by atoms with Crippen LogP contribution in [0.3, 0.4) is 0 Å². The predicted molar refractivity (Wildman–Crippen MR) is 48.9 cm³/mol.